The number of hydrogen-bond donors (Lipinski definition) is 0. The largest absolute Gasteiger partial charge is 0.384 e. The van der Waals surface area contributed by atoms with E-state index in [0.29, 0.717) is 18.3 Å². The molecule has 98 valence electrons. The molecule has 1 heterocycles. The maximum absolute atomic E-state index is 13.2. The van der Waals surface area contributed by atoms with Gasteiger partial charge in [0.1, 0.15) is 0 Å². The molecule has 1 saturated heterocycles. The van der Waals surface area contributed by atoms with Gasteiger partial charge in [-0.15, -0.1) is 0 Å². The Bertz CT molecular complexity index is 307. The SMILES string of the molecule is COCC1(CN2CCC3(CC2)CC3(F)F)CC1. The highest BCUT2D eigenvalue weighted by molar-refractivity contribution is 5.12. The first-order valence-corrected chi connectivity index (χ1v) is 6.60. The second-order valence-corrected chi connectivity index (χ2v) is 6.37. The lowest BCUT2D eigenvalue weighted by Crippen LogP contribution is -2.40. The monoisotopic (exact) mass is 245 g/mol. The Hall–Kier alpha value is -0.220. The summed E-state index contributed by atoms with van der Waals surface area (Å²) in [5.41, 5.74) is -0.257. The Kier molecular flexibility index (Phi) is 2.54. The molecule has 2 nitrogen and oxygen atoms in total. The van der Waals surface area contributed by atoms with E-state index in [0.717, 1.165) is 26.2 Å². The number of alkyl halides is 2. The van der Waals surface area contributed by atoms with Crippen LogP contribution in [0.3, 0.4) is 0 Å². The number of piperidine rings is 1. The Labute approximate surface area is 101 Å². The fourth-order valence-corrected chi connectivity index (χ4v) is 3.37. The third kappa shape index (κ3) is 1.99. The highest BCUT2D eigenvalue weighted by Crippen LogP contribution is 2.66. The van der Waals surface area contributed by atoms with E-state index in [1.165, 1.54) is 12.8 Å². The number of halogens is 2. The van der Waals surface area contributed by atoms with Crippen molar-refractivity contribution in [3.63, 3.8) is 0 Å². The maximum Gasteiger partial charge on any atom is 0.254 e. The van der Waals surface area contributed by atoms with Crippen LogP contribution in [0.15, 0.2) is 0 Å². The predicted octanol–water partition coefficient (Wildman–Crippen LogP) is 2.53. The van der Waals surface area contributed by atoms with Gasteiger partial charge in [0.2, 0.25) is 0 Å². The van der Waals surface area contributed by atoms with Crippen molar-refractivity contribution in [1.82, 2.24) is 4.90 Å². The molecule has 2 saturated carbocycles. The van der Waals surface area contributed by atoms with Crippen molar-refractivity contribution in [1.29, 1.82) is 0 Å². The lowest BCUT2D eigenvalue weighted by molar-refractivity contribution is 0.0226. The molecular weight excluding hydrogens is 224 g/mol. The van der Waals surface area contributed by atoms with Gasteiger partial charge in [-0.05, 0) is 38.8 Å². The van der Waals surface area contributed by atoms with E-state index in [-0.39, 0.29) is 6.42 Å². The maximum atomic E-state index is 13.2. The molecule has 3 rings (SSSR count). The van der Waals surface area contributed by atoms with Gasteiger partial charge in [0.05, 0.1) is 6.61 Å². The molecule has 2 aliphatic carbocycles. The Morgan fingerprint density at radius 1 is 1.12 bits per heavy atom. The zero-order valence-electron chi connectivity index (χ0n) is 10.5. The average molecular weight is 245 g/mol. The second kappa shape index (κ2) is 3.64. The molecule has 0 aromatic carbocycles. The van der Waals surface area contributed by atoms with E-state index in [2.05, 4.69) is 4.90 Å². The van der Waals surface area contributed by atoms with E-state index < -0.39 is 11.3 Å². The van der Waals surface area contributed by atoms with Crippen LogP contribution in [-0.2, 0) is 4.74 Å². The number of likely N-dealkylation sites (tertiary alicyclic amines) is 1. The smallest absolute Gasteiger partial charge is 0.254 e. The van der Waals surface area contributed by atoms with Crippen molar-refractivity contribution >= 4 is 0 Å². The molecule has 3 fully saturated rings. The van der Waals surface area contributed by atoms with Crippen molar-refractivity contribution in [2.24, 2.45) is 10.8 Å². The molecule has 17 heavy (non-hydrogen) atoms. The second-order valence-electron chi connectivity index (χ2n) is 6.37. The molecule has 0 aromatic rings. The van der Waals surface area contributed by atoms with Crippen LogP contribution in [0, 0.1) is 10.8 Å². The first-order chi connectivity index (χ1) is 8.01. The fourth-order valence-electron chi connectivity index (χ4n) is 3.37. The summed E-state index contributed by atoms with van der Waals surface area (Å²) in [5.74, 6) is -2.36. The van der Waals surface area contributed by atoms with Gasteiger partial charge in [-0.25, -0.2) is 8.78 Å². The van der Waals surface area contributed by atoms with Gasteiger partial charge in [0.25, 0.3) is 5.92 Å². The van der Waals surface area contributed by atoms with Crippen LogP contribution in [0.2, 0.25) is 0 Å². The average Bonchev–Trinajstić information content (AvgIpc) is 3.12. The summed E-state index contributed by atoms with van der Waals surface area (Å²) in [4.78, 5) is 2.37. The zero-order valence-corrected chi connectivity index (χ0v) is 10.5. The van der Waals surface area contributed by atoms with Crippen LogP contribution in [0.4, 0.5) is 8.78 Å². The fraction of sp³-hybridized carbons (Fsp3) is 1.00. The molecule has 1 aliphatic heterocycles. The number of hydrogen-bond acceptors (Lipinski definition) is 2. The van der Waals surface area contributed by atoms with Crippen LogP contribution in [0.1, 0.15) is 32.1 Å². The normalized spacial score (nSPS) is 32.6. The molecular formula is C13H21F2NO. The van der Waals surface area contributed by atoms with Gasteiger partial charge >= 0.3 is 0 Å². The summed E-state index contributed by atoms with van der Waals surface area (Å²) in [6, 6.07) is 0. The molecule has 4 heteroatoms. The number of ether oxygens (including phenoxy) is 1. The third-order valence-corrected chi connectivity index (χ3v) is 4.99. The van der Waals surface area contributed by atoms with Crippen molar-refractivity contribution in [3.8, 4) is 0 Å². The van der Waals surface area contributed by atoms with Gasteiger partial charge in [0.15, 0.2) is 0 Å². The molecule has 0 N–H and O–H groups in total. The molecule has 0 atom stereocenters. The first-order valence-electron chi connectivity index (χ1n) is 6.60. The van der Waals surface area contributed by atoms with E-state index >= 15 is 0 Å². The highest BCUT2D eigenvalue weighted by Gasteiger charge is 2.70. The van der Waals surface area contributed by atoms with Crippen molar-refractivity contribution in [2.75, 3.05) is 33.4 Å². The molecule has 0 aromatic heterocycles. The molecule has 1 spiro atoms. The number of rotatable bonds is 4. The first kappa shape index (κ1) is 11.8. The quantitative estimate of drug-likeness (QED) is 0.754. The molecule has 0 bridgehead atoms. The van der Waals surface area contributed by atoms with Crippen molar-refractivity contribution in [2.45, 2.75) is 38.0 Å². The minimum atomic E-state index is -2.36. The summed E-state index contributed by atoms with van der Waals surface area (Å²) in [7, 11) is 1.75. The lowest BCUT2D eigenvalue weighted by Gasteiger charge is -2.34. The van der Waals surface area contributed by atoms with Crippen molar-refractivity contribution in [3.05, 3.63) is 0 Å². The predicted molar refractivity (Wildman–Crippen MR) is 61.2 cm³/mol. The van der Waals surface area contributed by atoms with E-state index in [1.807, 2.05) is 0 Å². The topological polar surface area (TPSA) is 12.5 Å². The third-order valence-electron chi connectivity index (χ3n) is 4.99. The van der Waals surface area contributed by atoms with Gasteiger partial charge in [-0.2, -0.15) is 0 Å². The minimum Gasteiger partial charge on any atom is -0.384 e. The summed E-state index contributed by atoms with van der Waals surface area (Å²) >= 11 is 0. The summed E-state index contributed by atoms with van der Waals surface area (Å²) < 4.78 is 31.7. The van der Waals surface area contributed by atoms with E-state index in [1.54, 1.807) is 7.11 Å². The molecule has 0 unspecified atom stereocenters. The van der Waals surface area contributed by atoms with Crippen LogP contribution < -0.4 is 0 Å². The van der Waals surface area contributed by atoms with Gasteiger partial charge in [0, 0.05) is 30.9 Å². The molecule has 0 radical (unpaired) electrons. The van der Waals surface area contributed by atoms with Crippen LogP contribution >= 0.6 is 0 Å². The van der Waals surface area contributed by atoms with Gasteiger partial charge in [-0.3, -0.25) is 0 Å². The van der Waals surface area contributed by atoms with Crippen LogP contribution in [0.25, 0.3) is 0 Å². The Morgan fingerprint density at radius 3 is 2.12 bits per heavy atom. The Balaban J connectivity index is 1.50. The summed E-state index contributed by atoms with van der Waals surface area (Å²) in [5, 5.41) is 0. The van der Waals surface area contributed by atoms with Gasteiger partial charge in [-0.1, -0.05) is 0 Å². The van der Waals surface area contributed by atoms with Crippen LogP contribution in [0.5, 0.6) is 0 Å². The lowest BCUT2D eigenvalue weighted by atomic mass is 9.92. The molecule has 0 amide bonds. The number of nitrogens with zero attached hydrogens (tertiary/aromatic N) is 1. The van der Waals surface area contributed by atoms with Gasteiger partial charge < -0.3 is 9.64 Å². The highest BCUT2D eigenvalue weighted by atomic mass is 19.3. The van der Waals surface area contributed by atoms with E-state index in [9.17, 15) is 8.78 Å². The summed E-state index contributed by atoms with van der Waals surface area (Å²) in [6.45, 7) is 3.56. The molecule has 3 aliphatic rings. The Morgan fingerprint density at radius 2 is 1.71 bits per heavy atom. The summed E-state index contributed by atoms with van der Waals surface area (Å²) in [6.07, 6.45) is 3.97. The number of methoxy groups -OCH3 is 1. The van der Waals surface area contributed by atoms with Crippen molar-refractivity contribution < 1.29 is 13.5 Å². The minimum absolute atomic E-state index is 0.136. The zero-order chi connectivity index (χ0) is 12.1. The standard InChI is InChI=1S/C13H21F2NO/c1-17-10-11(2-3-11)9-16-6-4-12(5-7-16)8-13(12,14)15/h2-10H2,1H3. The van der Waals surface area contributed by atoms with E-state index in [4.69, 9.17) is 4.74 Å². The van der Waals surface area contributed by atoms with Crippen LogP contribution in [-0.4, -0.2) is 44.2 Å².